The number of carbonyl (C=O) groups excluding carboxylic acids is 1. The van der Waals surface area contributed by atoms with Gasteiger partial charge in [-0.1, -0.05) is 32.3 Å². The van der Waals surface area contributed by atoms with Gasteiger partial charge >= 0.3 is 0 Å². The molecule has 0 bridgehead atoms. The molecule has 3 aliphatic carbocycles. The second-order valence-electron chi connectivity index (χ2n) is 7.89. The van der Waals surface area contributed by atoms with E-state index in [0.29, 0.717) is 11.7 Å². The van der Waals surface area contributed by atoms with Gasteiger partial charge in [0.25, 0.3) is 0 Å². The monoisotopic (exact) mass is 288 g/mol. The van der Waals surface area contributed by atoms with E-state index in [1.165, 1.54) is 57.8 Å². The molecular formula is C20H32O. The van der Waals surface area contributed by atoms with Crippen molar-refractivity contribution in [1.82, 2.24) is 0 Å². The Morgan fingerprint density at radius 1 is 0.857 bits per heavy atom. The predicted molar refractivity (Wildman–Crippen MR) is 88.1 cm³/mol. The minimum absolute atomic E-state index is 0.340. The molecule has 0 aliphatic heterocycles. The minimum atomic E-state index is 0.340. The number of allylic oxidation sites excluding steroid dienone is 2. The average Bonchev–Trinajstić information content (AvgIpc) is 2.56. The average molecular weight is 288 g/mol. The summed E-state index contributed by atoms with van der Waals surface area (Å²) in [6, 6.07) is 0. The van der Waals surface area contributed by atoms with Crippen LogP contribution in [-0.4, -0.2) is 5.78 Å². The normalized spacial score (nSPS) is 41.2. The molecule has 0 N–H and O–H groups in total. The summed E-state index contributed by atoms with van der Waals surface area (Å²) in [5, 5.41) is 0. The van der Waals surface area contributed by atoms with Crippen LogP contribution in [0.5, 0.6) is 0 Å². The fraction of sp³-hybridized carbons (Fsp3) is 0.850. The Hall–Kier alpha value is -0.590. The maximum Gasteiger partial charge on any atom is 0.155 e. The fourth-order valence-corrected chi connectivity index (χ4v) is 5.22. The molecule has 3 aliphatic rings. The SMILES string of the molecule is CC[C@H]1CC[C@H](C2CCC(C3C=CC(=O)CC3)CC2)CC1. The summed E-state index contributed by atoms with van der Waals surface area (Å²) in [6.45, 7) is 2.36. The molecule has 2 saturated carbocycles. The van der Waals surface area contributed by atoms with Gasteiger partial charge in [-0.3, -0.25) is 4.79 Å². The fourth-order valence-electron chi connectivity index (χ4n) is 5.22. The summed E-state index contributed by atoms with van der Waals surface area (Å²) in [5.41, 5.74) is 0. The zero-order valence-electron chi connectivity index (χ0n) is 13.7. The third kappa shape index (κ3) is 3.79. The van der Waals surface area contributed by atoms with E-state index in [1.807, 2.05) is 6.08 Å². The third-order valence-corrected chi connectivity index (χ3v) is 6.81. The smallest absolute Gasteiger partial charge is 0.155 e. The molecule has 1 heteroatoms. The van der Waals surface area contributed by atoms with E-state index in [4.69, 9.17) is 0 Å². The molecule has 3 rings (SSSR count). The van der Waals surface area contributed by atoms with Crippen LogP contribution in [0.4, 0.5) is 0 Å². The molecule has 0 aromatic heterocycles. The number of hydrogen-bond acceptors (Lipinski definition) is 1. The molecular weight excluding hydrogens is 256 g/mol. The Kier molecular flexibility index (Phi) is 5.19. The van der Waals surface area contributed by atoms with Crippen molar-refractivity contribution in [3.8, 4) is 0 Å². The van der Waals surface area contributed by atoms with Crippen LogP contribution in [0.3, 0.4) is 0 Å². The number of ketones is 1. The second kappa shape index (κ2) is 7.11. The Labute approximate surface area is 130 Å². The van der Waals surface area contributed by atoms with E-state index in [2.05, 4.69) is 13.0 Å². The first kappa shape index (κ1) is 15.3. The molecule has 118 valence electrons. The topological polar surface area (TPSA) is 17.1 Å². The highest BCUT2D eigenvalue weighted by Crippen LogP contribution is 2.44. The Bertz CT molecular complexity index is 367. The Balaban J connectivity index is 1.45. The van der Waals surface area contributed by atoms with Crippen LogP contribution in [0.1, 0.15) is 77.6 Å². The van der Waals surface area contributed by atoms with Crippen LogP contribution in [0.25, 0.3) is 0 Å². The highest BCUT2D eigenvalue weighted by atomic mass is 16.1. The van der Waals surface area contributed by atoms with Gasteiger partial charge in [0.2, 0.25) is 0 Å². The van der Waals surface area contributed by atoms with Crippen molar-refractivity contribution in [2.75, 3.05) is 0 Å². The Morgan fingerprint density at radius 3 is 1.95 bits per heavy atom. The lowest BCUT2D eigenvalue weighted by Gasteiger charge is -2.39. The van der Waals surface area contributed by atoms with Crippen molar-refractivity contribution < 1.29 is 4.79 Å². The van der Waals surface area contributed by atoms with E-state index in [1.54, 1.807) is 0 Å². The maximum atomic E-state index is 11.3. The van der Waals surface area contributed by atoms with Crippen LogP contribution >= 0.6 is 0 Å². The summed E-state index contributed by atoms with van der Waals surface area (Å²) >= 11 is 0. The standard InChI is InChI=1S/C20H32O/c1-2-15-3-5-16(6-4-15)17-7-9-18(10-8-17)19-11-13-20(21)14-12-19/h11,13,15-19H,2-10,12,14H2,1H3/t15-,16-,17?,18?,19?. The molecule has 0 amide bonds. The van der Waals surface area contributed by atoms with Gasteiger partial charge in [0.15, 0.2) is 5.78 Å². The third-order valence-electron chi connectivity index (χ3n) is 6.81. The van der Waals surface area contributed by atoms with Gasteiger partial charge in [-0.05, 0) is 80.6 Å². The van der Waals surface area contributed by atoms with Crippen LogP contribution < -0.4 is 0 Å². The van der Waals surface area contributed by atoms with Gasteiger partial charge < -0.3 is 0 Å². The molecule has 1 unspecified atom stereocenters. The predicted octanol–water partition coefficient (Wildman–Crippen LogP) is 5.54. The van der Waals surface area contributed by atoms with Gasteiger partial charge in [-0.25, -0.2) is 0 Å². The number of rotatable bonds is 3. The molecule has 0 spiro atoms. The summed E-state index contributed by atoms with van der Waals surface area (Å²) in [4.78, 5) is 11.3. The molecule has 21 heavy (non-hydrogen) atoms. The van der Waals surface area contributed by atoms with Crippen LogP contribution in [0.15, 0.2) is 12.2 Å². The van der Waals surface area contributed by atoms with Gasteiger partial charge in [0.05, 0.1) is 0 Å². The van der Waals surface area contributed by atoms with Crippen LogP contribution in [-0.2, 0) is 4.79 Å². The highest BCUT2D eigenvalue weighted by Gasteiger charge is 2.33. The van der Waals surface area contributed by atoms with Crippen molar-refractivity contribution in [1.29, 1.82) is 0 Å². The molecule has 0 saturated heterocycles. The maximum absolute atomic E-state index is 11.3. The zero-order chi connectivity index (χ0) is 14.7. The van der Waals surface area contributed by atoms with Crippen LogP contribution in [0.2, 0.25) is 0 Å². The summed E-state index contributed by atoms with van der Waals surface area (Å²) < 4.78 is 0. The van der Waals surface area contributed by atoms with E-state index >= 15 is 0 Å². The molecule has 0 aromatic rings. The van der Waals surface area contributed by atoms with Crippen molar-refractivity contribution in [2.24, 2.45) is 29.6 Å². The largest absolute Gasteiger partial charge is 0.295 e. The summed E-state index contributed by atoms with van der Waals surface area (Å²) in [5.74, 6) is 5.01. The molecule has 1 atom stereocenters. The zero-order valence-corrected chi connectivity index (χ0v) is 13.7. The number of carbonyl (C=O) groups is 1. The van der Waals surface area contributed by atoms with Gasteiger partial charge in [-0.15, -0.1) is 0 Å². The number of hydrogen-bond donors (Lipinski definition) is 0. The second-order valence-corrected chi connectivity index (χ2v) is 7.89. The van der Waals surface area contributed by atoms with E-state index in [9.17, 15) is 4.79 Å². The van der Waals surface area contributed by atoms with E-state index in [-0.39, 0.29) is 0 Å². The summed E-state index contributed by atoms with van der Waals surface area (Å²) in [6.07, 6.45) is 19.1. The lowest BCUT2D eigenvalue weighted by molar-refractivity contribution is -0.115. The first-order chi connectivity index (χ1) is 10.3. The lowest BCUT2D eigenvalue weighted by atomic mass is 9.66. The van der Waals surface area contributed by atoms with E-state index < -0.39 is 0 Å². The van der Waals surface area contributed by atoms with Gasteiger partial charge in [-0.2, -0.15) is 0 Å². The molecule has 2 fully saturated rings. The lowest BCUT2D eigenvalue weighted by Crippen LogP contribution is -2.28. The molecule has 0 radical (unpaired) electrons. The molecule has 0 aromatic carbocycles. The Morgan fingerprint density at radius 2 is 1.43 bits per heavy atom. The molecule has 0 heterocycles. The quantitative estimate of drug-likeness (QED) is 0.666. The van der Waals surface area contributed by atoms with Crippen LogP contribution in [0, 0.1) is 29.6 Å². The molecule has 1 nitrogen and oxygen atoms in total. The van der Waals surface area contributed by atoms with Crippen molar-refractivity contribution in [3.63, 3.8) is 0 Å². The first-order valence-electron chi connectivity index (χ1n) is 9.47. The highest BCUT2D eigenvalue weighted by molar-refractivity contribution is 5.90. The van der Waals surface area contributed by atoms with Crippen molar-refractivity contribution in [2.45, 2.75) is 77.6 Å². The van der Waals surface area contributed by atoms with Gasteiger partial charge in [0.1, 0.15) is 0 Å². The summed E-state index contributed by atoms with van der Waals surface area (Å²) in [7, 11) is 0. The van der Waals surface area contributed by atoms with Crippen molar-refractivity contribution in [3.05, 3.63) is 12.2 Å². The van der Waals surface area contributed by atoms with Gasteiger partial charge in [0, 0.05) is 6.42 Å². The van der Waals surface area contributed by atoms with Crippen molar-refractivity contribution >= 4 is 5.78 Å². The minimum Gasteiger partial charge on any atom is -0.295 e. The first-order valence-corrected chi connectivity index (χ1v) is 9.47. The van der Waals surface area contributed by atoms with E-state index in [0.717, 1.165) is 36.5 Å².